The second-order valence-electron chi connectivity index (χ2n) is 10.8. The van der Waals surface area contributed by atoms with Crippen molar-refractivity contribution in [3.8, 4) is 22.9 Å². The van der Waals surface area contributed by atoms with Gasteiger partial charge in [-0.1, -0.05) is 92.7 Å². The van der Waals surface area contributed by atoms with Gasteiger partial charge in [-0.15, -0.1) is 0 Å². The molecule has 1 aliphatic rings. The van der Waals surface area contributed by atoms with E-state index in [1.807, 2.05) is 0 Å². The lowest BCUT2D eigenvalue weighted by Crippen LogP contribution is -2.16. The summed E-state index contributed by atoms with van der Waals surface area (Å²) < 4.78 is 4.51. The lowest BCUT2D eigenvalue weighted by atomic mass is 9.85. The summed E-state index contributed by atoms with van der Waals surface area (Å²) in [6, 6.07) is 36.2. The van der Waals surface area contributed by atoms with Gasteiger partial charge in [0, 0.05) is 44.6 Å². The van der Waals surface area contributed by atoms with Crippen molar-refractivity contribution < 1.29 is 0 Å². The van der Waals surface area contributed by atoms with E-state index in [9.17, 15) is 0 Å². The summed E-state index contributed by atoms with van der Waals surface area (Å²) in [5.74, 6) is 0.695. The molecule has 1 aliphatic carbocycles. The fourth-order valence-electron chi connectivity index (χ4n) is 6.19. The van der Waals surface area contributed by atoms with Crippen LogP contribution in [-0.4, -0.2) is 19.1 Å². The Labute approximate surface area is 226 Å². The van der Waals surface area contributed by atoms with Crippen molar-refractivity contribution in [1.82, 2.24) is 19.1 Å². The minimum Gasteiger partial charge on any atom is -0.316 e. The second-order valence-corrected chi connectivity index (χ2v) is 10.8. The van der Waals surface area contributed by atoms with Crippen LogP contribution in [-0.2, 0) is 5.41 Å². The van der Waals surface area contributed by atoms with Crippen LogP contribution in [0.2, 0.25) is 0 Å². The van der Waals surface area contributed by atoms with Crippen LogP contribution < -0.4 is 0 Å². The first-order valence-corrected chi connectivity index (χ1v) is 13.4. The first kappa shape index (κ1) is 22.1. The highest BCUT2D eigenvalue weighted by molar-refractivity contribution is 6.18. The molecule has 0 unspecified atom stereocenters. The van der Waals surface area contributed by atoms with Gasteiger partial charge in [0.2, 0.25) is 5.95 Å². The monoisotopic (exact) mass is 502 g/mol. The number of para-hydroxylation sites is 2. The van der Waals surface area contributed by atoms with Crippen LogP contribution in [0.25, 0.3) is 61.7 Å². The van der Waals surface area contributed by atoms with Gasteiger partial charge in [-0.3, -0.25) is 4.57 Å². The molecule has 0 fully saturated rings. The topological polar surface area (TPSA) is 35.6 Å². The van der Waals surface area contributed by atoms with Gasteiger partial charge in [0.05, 0.1) is 27.9 Å². The number of nitrogens with zero attached hydrogens (tertiary/aromatic N) is 4. The Hall–Kier alpha value is -4.96. The van der Waals surface area contributed by atoms with Gasteiger partial charge in [0.25, 0.3) is 0 Å². The summed E-state index contributed by atoms with van der Waals surface area (Å²) in [5.41, 5.74) is 8.66. The second kappa shape index (κ2) is 8.02. The Balaban J connectivity index is 1.49. The molecule has 0 saturated heterocycles. The van der Waals surface area contributed by atoms with Gasteiger partial charge in [0.1, 0.15) is 0 Å². The molecule has 4 heteroatoms. The zero-order valence-corrected chi connectivity index (χ0v) is 21.8. The van der Waals surface area contributed by atoms with E-state index in [1.165, 1.54) is 21.7 Å². The lowest BCUT2D eigenvalue weighted by molar-refractivity contribution is 0.677. The van der Waals surface area contributed by atoms with Crippen LogP contribution in [0.5, 0.6) is 0 Å². The predicted molar refractivity (Wildman–Crippen MR) is 161 cm³/mol. The maximum absolute atomic E-state index is 5.33. The Morgan fingerprint density at radius 2 is 1.38 bits per heavy atom. The summed E-state index contributed by atoms with van der Waals surface area (Å²) in [6.07, 6.45) is 6.56. The molecule has 39 heavy (non-hydrogen) atoms. The van der Waals surface area contributed by atoms with Crippen molar-refractivity contribution in [2.24, 2.45) is 0 Å². The number of hydrogen-bond acceptors (Lipinski definition) is 2. The van der Waals surface area contributed by atoms with Crippen LogP contribution in [0.1, 0.15) is 25.1 Å². The SMILES string of the molecule is CC1(C)C=Cc2nc(-n3c4ccccc4c4ccc5c(ccn5-c5ccccc5)c43)nc(-c3ccccc3)c21. The van der Waals surface area contributed by atoms with E-state index in [0.29, 0.717) is 5.95 Å². The van der Waals surface area contributed by atoms with Crippen molar-refractivity contribution in [1.29, 1.82) is 0 Å². The molecule has 0 spiro atoms. The summed E-state index contributed by atoms with van der Waals surface area (Å²) in [5, 5.41) is 3.57. The molecule has 0 radical (unpaired) electrons. The quantitative estimate of drug-likeness (QED) is 0.243. The first-order valence-electron chi connectivity index (χ1n) is 13.4. The van der Waals surface area contributed by atoms with E-state index >= 15 is 0 Å². The molecule has 3 heterocycles. The molecule has 0 N–H and O–H groups in total. The number of hydrogen-bond donors (Lipinski definition) is 0. The molecule has 186 valence electrons. The van der Waals surface area contributed by atoms with Crippen molar-refractivity contribution in [3.05, 3.63) is 127 Å². The molecular formula is C35H26N4. The third-order valence-corrected chi connectivity index (χ3v) is 8.01. The standard InChI is InChI=1S/C35H26N4/c1-35(2)21-19-28-31(35)32(23-11-5-3-6-12-23)37-34(36-28)39-30-16-10-9-15-25(30)26-17-18-29-27(33(26)39)20-22-38(29)24-13-7-4-8-14-24/h3-22H,1-2H3. The molecule has 0 aliphatic heterocycles. The Morgan fingerprint density at radius 1 is 0.641 bits per heavy atom. The van der Waals surface area contributed by atoms with Crippen LogP contribution in [0.3, 0.4) is 0 Å². The van der Waals surface area contributed by atoms with Gasteiger partial charge in [-0.2, -0.15) is 0 Å². The molecule has 7 aromatic rings. The van der Waals surface area contributed by atoms with Gasteiger partial charge in [0.15, 0.2) is 0 Å². The maximum Gasteiger partial charge on any atom is 0.235 e. The fourth-order valence-corrected chi connectivity index (χ4v) is 6.19. The molecule has 4 aromatic carbocycles. The van der Waals surface area contributed by atoms with Gasteiger partial charge >= 0.3 is 0 Å². The van der Waals surface area contributed by atoms with Crippen LogP contribution in [0.15, 0.2) is 115 Å². The number of fused-ring (bicyclic) bond motifs is 6. The number of benzene rings is 4. The molecule has 0 saturated carbocycles. The zero-order valence-electron chi connectivity index (χ0n) is 21.8. The predicted octanol–water partition coefficient (Wildman–Crippen LogP) is 8.49. The van der Waals surface area contributed by atoms with E-state index in [-0.39, 0.29) is 5.41 Å². The molecule has 0 amide bonds. The average Bonchev–Trinajstić information content (AvgIpc) is 3.65. The van der Waals surface area contributed by atoms with Crippen LogP contribution in [0.4, 0.5) is 0 Å². The Morgan fingerprint density at radius 3 is 2.21 bits per heavy atom. The number of allylic oxidation sites excluding steroid dienone is 1. The Bertz CT molecular complexity index is 2080. The minimum atomic E-state index is -0.139. The van der Waals surface area contributed by atoms with Crippen molar-refractivity contribution in [3.63, 3.8) is 0 Å². The highest BCUT2D eigenvalue weighted by atomic mass is 15.2. The molecule has 0 atom stereocenters. The maximum atomic E-state index is 5.33. The van der Waals surface area contributed by atoms with Gasteiger partial charge < -0.3 is 4.57 Å². The zero-order chi connectivity index (χ0) is 26.1. The van der Waals surface area contributed by atoms with Crippen molar-refractivity contribution in [2.45, 2.75) is 19.3 Å². The minimum absolute atomic E-state index is 0.139. The fraction of sp³-hybridized carbons (Fsp3) is 0.0857. The van der Waals surface area contributed by atoms with Crippen molar-refractivity contribution in [2.75, 3.05) is 0 Å². The average molecular weight is 503 g/mol. The third kappa shape index (κ3) is 3.18. The number of aromatic nitrogens is 4. The smallest absolute Gasteiger partial charge is 0.235 e. The van der Waals surface area contributed by atoms with Gasteiger partial charge in [-0.25, -0.2) is 9.97 Å². The van der Waals surface area contributed by atoms with Crippen molar-refractivity contribution >= 4 is 38.8 Å². The molecular weight excluding hydrogens is 476 g/mol. The van der Waals surface area contributed by atoms with E-state index in [1.54, 1.807) is 0 Å². The summed E-state index contributed by atoms with van der Waals surface area (Å²) >= 11 is 0. The highest BCUT2D eigenvalue weighted by Gasteiger charge is 2.32. The Kier molecular flexibility index (Phi) is 4.54. The normalized spacial score (nSPS) is 14.0. The lowest BCUT2D eigenvalue weighted by Gasteiger charge is -2.22. The molecule has 3 aromatic heterocycles. The molecule has 0 bridgehead atoms. The van der Waals surface area contributed by atoms with E-state index < -0.39 is 0 Å². The summed E-state index contributed by atoms with van der Waals surface area (Å²) in [6.45, 7) is 4.47. The van der Waals surface area contributed by atoms with Crippen LogP contribution >= 0.6 is 0 Å². The largest absolute Gasteiger partial charge is 0.316 e. The summed E-state index contributed by atoms with van der Waals surface area (Å²) in [7, 11) is 0. The molecule has 4 nitrogen and oxygen atoms in total. The van der Waals surface area contributed by atoms with E-state index in [4.69, 9.17) is 9.97 Å². The van der Waals surface area contributed by atoms with E-state index in [2.05, 4.69) is 144 Å². The van der Waals surface area contributed by atoms with Gasteiger partial charge in [-0.05, 0) is 36.4 Å². The van der Waals surface area contributed by atoms with E-state index in [0.717, 1.165) is 39.2 Å². The first-order chi connectivity index (χ1) is 19.1. The summed E-state index contributed by atoms with van der Waals surface area (Å²) in [4.78, 5) is 10.5. The van der Waals surface area contributed by atoms with Crippen LogP contribution in [0, 0.1) is 0 Å². The third-order valence-electron chi connectivity index (χ3n) is 8.01. The highest BCUT2D eigenvalue weighted by Crippen LogP contribution is 2.42. The molecule has 8 rings (SSSR count). The number of rotatable bonds is 3.